The number of hydrogen-bond donors (Lipinski definition) is 1. The molecule has 0 saturated carbocycles. The van der Waals surface area contributed by atoms with E-state index in [0.29, 0.717) is 17.7 Å². The van der Waals surface area contributed by atoms with Gasteiger partial charge in [-0.1, -0.05) is 121 Å². The van der Waals surface area contributed by atoms with Gasteiger partial charge in [-0.15, -0.1) is 0 Å². The van der Waals surface area contributed by atoms with Gasteiger partial charge in [0.05, 0.1) is 0 Å². The number of benzene rings is 8. The molecule has 2 fully saturated rings. The van der Waals surface area contributed by atoms with Gasteiger partial charge in [0.25, 0.3) is 0 Å². The second-order valence-corrected chi connectivity index (χ2v) is 17.8. The maximum absolute atomic E-state index is 6.94. The SMILES string of the molecule is CC1(C)O[C@H]2O[C@H](CNp3oc4ccc5ccccc5c4c4c(ccc5ccccc54)o3)[C@H](Op3oc4ccc5ccccc5c4c4c(ccc5ccccc54)o3)[C@H]2O1. The summed E-state index contributed by atoms with van der Waals surface area (Å²) in [5, 5.41) is 16.3. The molecule has 0 spiro atoms. The van der Waals surface area contributed by atoms with Gasteiger partial charge >= 0.3 is 16.4 Å². The van der Waals surface area contributed by atoms with Crippen LogP contribution in [0.15, 0.2) is 162 Å². The van der Waals surface area contributed by atoms with Crippen LogP contribution in [0.2, 0.25) is 0 Å². The first-order chi connectivity index (χ1) is 28.9. The Kier molecular flexibility index (Phi) is 8.23. The number of nitrogens with one attached hydrogen (secondary N) is 1. The van der Waals surface area contributed by atoms with Gasteiger partial charge in [-0.3, -0.25) is 4.52 Å². The summed E-state index contributed by atoms with van der Waals surface area (Å²) in [5.74, 6) is -0.874. The van der Waals surface area contributed by atoms with Crippen molar-refractivity contribution in [2.75, 3.05) is 11.6 Å². The van der Waals surface area contributed by atoms with E-state index in [0.717, 1.165) is 75.8 Å². The molecule has 2 aliphatic heterocycles. The molecule has 0 aliphatic carbocycles. The molecule has 11 heteroatoms. The molecule has 10 aromatic rings. The van der Waals surface area contributed by atoms with Crippen LogP contribution in [0.25, 0.3) is 87.0 Å². The third-order valence-corrected chi connectivity index (χ3v) is 13.8. The highest BCUT2D eigenvalue weighted by atomic mass is 31.1. The Hall–Kier alpha value is -5.60. The summed E-state index contributed by atoms with van der Waals surface area (Å²) in [6.45, 7) is 4.06. The number of ether oxygens (including phenoxy) is 3. The van der Waals surface area contributed by atoms with Crippen LogP contribution in [0.5, 0.6) is 0 Å². The van der Waals surface area contributed by atoms with Crippen LogP contribution in [0, 0.1) is 0 Å². The standard InChI is InChI=1S/C48H37NO8P2/c1-48(2)51-46-45(57-59-55-38-25-21-30-13-5-9-17-34(30)43(38)44-35-18-10-6-14-31(35)22-26-39(44)56-59)40(50-47(46)52-48)27-49-58-53-36-23-19-28-11-3-7-15-32(28)41(36)42-33-16-8-4-12-29(33)20-24-37(42)54-58/h3-26,40,45-47,49H,27H2,1-2H3/t40-,45+,46-,47-/m1/s1. The van der Waals surface area contributed by atoms with Crippen LogP contribution < -0.4 is 9.61 Å². The van der Waals surface area contributed by atoms with Gasteiger partial charge in [-0.25, -0.2) is 5.09 Å². The molecule has 12 rings (SSSR count). The van der Waals surface area contributed by atoms with Crippen molar-refractivity contribution in [3.63, 3.8) is 0 Å². The molecular formula is C48H37NO8P2. The van der Waals surface area contributed by atoms with E-state index in [1.807, 2.05) is 50.2 Å². The zero-order valence-corrected chi connectivity index (χ0v) is 33.8. The van der Waals surface area contributed by atoms with Crippen LogP contribution in [-0.2, 0) is 14.2 Å². The third-order valence-electron chi connectivity index (χ3n) is 11.5. The molecule has 1 N–H and O–H groups in total. The van der Waals surface area contributed by atoms with Crippen molar-refractivity contribution in [3.05, 3.63) is 146 Å². The van der Waals surface area contributed by atoms with E-state index in [2.05, 4.69) is 114 Å². The average Bonchev–Trinajstić information content (AvgIpc) is 3.57. The van der Waals surface area contributed by atoms with Crippen molar-refractivity contribution < 1.29 is 35.5 Å². The van der Waals surface area contributed by atoms with Gasteiger partial charge < -0.3 is 31.0 Å². The van der Waals surface area contributed by atoms with E-state index in [1.54, 1.807) is 0 Å². The van der Waals surface area contributed by atoms with E-state index in [4.69, 9.17) is 35.5 Å². The lowest BCUT2D eigenvalue weighted by Gasteiger charge is -2.24. The highest BCUT2D eigenvalue weighted by molar-refractivity contribution is 7.38. The molecule has 4 heterocycles. The lowest BCUT2D eigenvalue weighted by Crippen LogP contribution is -2.41. The number of fused-ring (bicyclic) bond motifs is 15. The van der Waals surface area contributed by atoms with Crippen LogP contribution >= 0.6 is 16.4 Å². The Labute approximate surface area is 339 Å². The van der Waals surface area contributed by atoms with E-state index in [1.165, 1.54) is 0 Å². The van der Waals surface area contributed by atoms with Gasteiger partial charge in [0.15, 0.2) is 12.1 Å². The number of hydrogen-bond acceptors (Lipinski definition) is 9. The van der Waals surface area contributed by atoms with Crippen LogP contribution in [0.4, 0.5) is 0 Å². The summed E-state index contributed by atoms with van der Waals surface area (Å²) in [7, 11) is -3.71. The predicted molar refractivity (Wildman–Crippen MR) is 236 cm³/mol. The normalized spacial score (nSPS) is 20.2. The molecule has 0 bridgehead atoms. The lowest BCUT2D eigenvalue weighted by molar-refractivity contribution is -0.210. The quantitative estimate of drug-likeness (QED) is 0.182. The molecule has 292 valence electrons. The second-order valence-electron chi connectivity index (χ2n) is 15.6. The van der Waals surface area contributed by atoms with Crippen molar-refractivity contribution in [3.8, 4) is 0 Å². The highest BCUT2D eigenvalue weighted by Gasteiger charge is 2.56. The van der Waals surface area contributed by atoms with Crippen molar-refractivity contribution in [1.82, 2.24) is 0 Å². The minimum atomic E-state index is -2.01. The third kappa shape index (κ3) is 5.96. The maximum atomic E-state index is 6.94. The molecule has 2 aromatic heterocycles. The van der Waals surface area contributed by atoms with Gasteiger partial charge in [-0.05, 0) is 81.2 Å². The van der Waals surface area contributed by atoms with Crippen molar-refractivity contribution in [1.29, 1.82) is 0 Å². The highest BCUT2D eigenvalue weighted by Crippen LogP contribution is 2.46. The minimum absolute atomic E-state index is 0.300. The largest absolute Gasteiger partial charge is 0.408 e. The Balaban J connectivity index is 0.975. The zero-order valence-electron chi connectivity index (χ0n) is 32.0. The molecule has 4 atom stereocenters. The van der Waals surface area contributed by atoms with Crippen LogP contribution in [0.3, 0.4) is 0 Å². The lowest BCUT2D eigenvalue weighted by atomic mass is 9.99. The Morgan fingerprint density at radius 2 is 0.915 bits per heavy atom. The molecule has 0 radical (unpaired) electrons. The zero-order chi connectivity index (χ0) is 39.2. The molecule has 9 nitrogen and oxygen atoms in total. The Bertz CT molecular complexity index is 3200. The fourth-order valence-corrected chi connectivity index (χ4v) is 11.3. The van der Waals surface area contributed by atoms with Crippen molar-refractivity contribution in [2.45, 2.75) is 44.2 Å². The Morgan fingerprint density at radius 3 is 1.36 bits per heavy atom. The monoisotopic (exact) mass is 817 g/mol. The first kappa shape index (κ1) is 35.4. The summed E-state index contributed by atoms with van der Waals surface area (Å²) in [4.78, 5) is 0. The van der Waals surface area contributed by atoms with Gasteiger partial charge in [0.2, 0.25) is 0 Å². The van der Waals surface area contributed by atoms with E-state index >= 15 is 0 Å². The molecule has 2 saturated heterocycles. The van der Waals surface area contributed by atoms with Crippen LogP contribution in [-0.4, -0.2) is 36.9 Å². The molecule has 0 amide bonds. The fourth-order valence-electron chi connectivity index (χ4n) is 8.93. The molecule has 8 aromatic carbocycles. The second kappa shape index (κ2) is 13.7. The number of rotatable bonds is 5. The van der Waals surface area contributed by atoms with E-state index < -0.39 is 46.8 Å². The minimum Gasteiger partial charge on any atom is -0.408 e. The average molecular weight is 818 g/mol. The van der Waals surface area contributed by atoms with E-state index in [9.17, 15) is 0 Å². The molecule has 2 aliphatic rings. The Morgan fingerprint density at radius 1 is 0.508 bits per heavy atom. The molecule has 0 unspecified atom stereocenters. The van der Waals surface area contributed by atoms with E-state index in [-0.39, 0.29) is 0 Å². The van der Waals surface area contributed by atoms with Gasteiger partial charge in [-0.2, -0.15) is 0 Å². The molecule has 59 heavy (non-hydrogen) atoms. The van der Waals surface area contributed by atoms with Gasteiger partial charge in [0, 0.05) is 28.1 Å². The predicted octanol–water partition coefficient (Wildman–Crippen LogP) is 13.4. The summed E-state index contributed by atoms with van der Waals surface area (Å²) in [6.07, 6.45) is -2.40. The van der Waals surface area contributed by atoms with Gasteiger partial charge in [0.1, 0.15) is 40.6 Å². The van der Waals surface area contributed by atoms with Crippen molar-refractivity contribution >= 4 is 103 Å². The summed E-state index contributed by atoms with van der Waals surface area (Å²) in [5.41, 5.74) is 2.84. The maximum Gasteiger partial charge on any atom is 0.387 e. The fraction of sp³-hybridized carbons (Fsp3) is 0.167. The smallest absolute Gasteiger partial charge is 0.387 e. The summed E-state index contributed by atoms with van der Waals surface area (Å²) < 4.78 is 53.3. The first-order valence-corrected chi connectivity index (χ1v) is 22.0. The molecular weight excluding hydrogens is 780 g/mol. The first-order valence-electron chi connectivity index (χ1n) is 19.8. The van der Waals surface area contributed by atoms with Crippen LogP contribution in [0.1, 0.15) is 13.8 Å². The van der Waals surface area contributed by atoms with Crippen molar-refractivity contribution in [2.24, 2.45) is 0 Å². The summed E-state index contributed by atoms with van der Waals surface area (Å²) >= 11 is 0. The summed E-state index contributed by atoms with van der Waals surface area (Å²) in [6, 6.07) is 49.9. The topological polar surface area (TPSA) is 102 Å².